The molecule has 0 saturated carbocycles. The number of halogens is 1. The number of hydrogen-bond acceptors (Lipinski definition) is 3. The second kappa shape index (κ2) is 7.75. The Morgan fingerprint density at radius 3 is 2.64 bits per heavy atom. The first kappa shape index (κ1) is 16.2. The fourth-order valence-electron chi connectivity index (χ4n) is 1.86. The van der Waals surface area contributed by atoms with Gasteiger partial charge in [-0.15, -0.1) is 0 Å². The molecule has 2 aromatic carbocycles. The first-order chi connectivity index (χ1) is 10.5. The summed E-state index contributed by atoms with van der Waals surface area (Å²) < 4.78 is 6.32. The van der Waals surface area contributed by atoms with Crippen LogP contribution >= 0.6 is 15.9 Å². The predicted octanol–water partition coefficient (Wildman–Crippen LogP) is 3.60. The van der Waals surface area contributed by atoms with E-state index in [2.05, 4.69) is 32.5 Å². The van der Waals surface area contributed by atoms with E-state index in [0.717, 1.165) is 15.6 Å². The quantitative estimate of drug-likeness (QED) is 0.654. The van der Waals surface area contributed by atoms with Gasteiger partial charge in [0.25, 0.3) is 5.91 Å². The molecular weight excluding hydrogens is 344 g/mol. The van der Waals surface area contributed by atoms with Crippen molar-refractivity contribution in [2.75, 3.05) is 6.61 Å². The molecule has 0 heterocycles. The van der Waals surface area contributed by atoms with Gasteiger partial charge in [0.05, 0.1) is 6.21 Å². The first-order valence-corrected chi connectivity index (χ1v) is 7.61. The summed E-state index contributed by atoms with van der Waals surface area (Å²) in [6.07, 6.45) is 1.63. The number of nitrogens with one attached hydrogen (secondary N) is 1. The Morgan fingerprint density at radius 1 is 1.23 bits per heavy atom. The van der Waals surface area contributed by atoms with Gasteiger partial charge in [-0.1, -0.05) is 39.7 Å². The van der Waals surface area contributed by atoms with Crippen LogP contribution in [0.5, 0.6) is 5.75 Å². The molecular formula is C17H17BrN2O2. The van der Waals surface area contributed by atoms with Crippen molar-refractivity contribution in [2.45, 2.75) is 13.8 Å². The molecule has 5 heteroatoms. The maximum Gasteiger partial charge on any atom is 0.277 e. The van der Waals surface area contributed by atoms with Crippen molar-refractivity contribution in [1.82, 2.24) is 5.43 Å². The van der Waals surface area contributed by atoms with E-state index < -0.39 is 0 Å². The zero-order valence-corrected chi connectivity index (χ0v) is 14.1. The number of rotatable bonds is 5. The lowest BCUT2D eigenvalue weighted by atomic mass is 10.1. The average Bonchev–Trinajstić information content (AvgIpc) is 2.49. The summed E-state index contributed by atoms with van der Waals surface area (Å²) in [6.45, 7) is 3.97. The molecule has 0 aliphatic rings. The van der Waals surface area contributed by atoms with Crippen LogP contribution in [-0.4, -0.2) is 18.7 Å². The molecule has 2 rings (SSSR count). The SMILES string of the molecule is Cc1ccc(/C=N\NC(=O)COc2ccc(Br)cc2)c(C)c1. The summed E-state index contributed by atoms with van der Waals surface area (Å²) in [4.78, 5) is 11.7. The fraction of sp³-hybridized carbons (Fsp3) is 0.176. The molecule has 0 radical (unpaired) electrons. The van der Waals surface area contributed by atoms with Crippen LogP contribution in [0.3, 0.4) is 0 Å². The number of benzene rings is 2. The minimum atomic E-state index is -0.302. The molecule has 0 unspecified atom stereocenters. The number of hydrogen-bond donors (Lipinski definition) is 1. The number of nitrogens with zero attached hydrogens (tertiary/aromatic N) is 1. The second-order valence-electron chi connectivity index (χ2n) is 4.90. The number of carbonyl (C=O) groups excluding carboxylic acids is 1. The Morgan fingerprint density at radius 2 is 1.95 bits per heavy atom. The van der Waals surface area contributed by atoms with Gasteiger partial charge in [0.1, 0.15) is 5.75 Å². The van der Waals surface area contributed by atoms with Crippen molar-refractivity contribution in [2.24, 2.45) is 5.10 Å². The molecule has 1 N–H and O–H groups in total. The van der Waals surface area contributed by atoms with Gasteiger partial charge in [-0.25, -0.2) is 5.43 Å². The molecule has 0 aliphatic carbocycles. The van der Waals surface area contributed by atoms with Crippen LogP contribution < -0.4 is 10.2 Å². The van der Waals surface area contributed by atoms with Gasteiger partial charge >= 0.3 is 0 Å². The molecule has 0 aromatic heterocycles. The second-order valence-corrected chi connectivity index (χ2v) is 5.81. The van der Waals surface area contributed by atoms with Crippen LogP contribution in [0.1, 0.15) is 16.7 Å². The van der Waals surface area contributed by atoms with Crippen molar-refractivity contribution < 1.29 is 9.53 Å². The van der Waals surface area contributed by atoms with E-state index in [4.69, 9.17) is 4.74 Å². The lowest BCUT2D eigenvalue weighted by molar-refractivity contribution is -0.123. The van der Waals surface area contributed by atoms with E-state index >= 15 is 0 Å². The van der Waals surface area contributed by atoms with Crippen molar-refractivity contribution in [3.63, 3.8) is 0 Å². The Balaban J connectivity index is 1.82. The van der Waals surface area contributed by atoms with Crippen molar-refractivity contribution >= 4 is 28.1 Å². The molecule has 22 heavy (non-hydrogen) atoms. The van der Waals surface area contributed by atoms with E-state index in [9.17, 15) is 4.79 Å². The van der Waals surface area contributed by atoms with Gasteiger partial charge in [0.15, 0.2) is 6.61 Å². The van der Waals surface area contributed by atoms with Gasteiger partial charge in [-0.05, 0) is 49.2 Å². The van der Waals surface area contributed by atoms with Crippen molar-refractivity contribution in [1.29, 1.82) is 0 Å². The van der Waals surface area contributed by atoms with E-state index in [1.807, 2.05) is 38.1 Å². The summed E-state index contributed by atoms with van der Waals surface area (Å²) in [5.74, 6) is 0.334. The van der Waals surface area contributed by atoms with Crippen LogP contribution in [0.25, 0.3) is 0 Å². The number of carbonyl (C=O) groups is 1. The van der Waals surface area contributed by atoms with Crippen LogP contribution in [0, 0.1) is 13.8 Å². The van der Waals surface area contributed by atoms with Crippen LogP contribution in [0.4, 0.5) is 0 Å². The van der Waals surface area contributed by atoms with E-state index in [1.54, 1.807) is 18.3 Å². The number of ether oxygens (including phenoxy) is 1. The number of hydrazone groups is 1. The average molecular weight is 361 g/mol. The molecule has 114 valence electrons. The molecule has 0 fully saturated rings. The summed E-state index contributed by atoms with van der Waals surface area (Å²) >= 11 is 3.34. The summed E-state index contributed by atoms with van der Waals surface area (Å²) in [7, 11) is 0. The Kier molecular flexibility index (Phi) is 5.72. The monoisotopic (exact) mass is 360 g/mol. The first-order valence-electron chi connectivity index (χ1n) is 6.82. The molecule has 4 nitrogen and oxygen atoms in total. The van der Waals surface area contributed by atoms with Gasteiger partial charge in [0, 0.05) is 4.47 Å². The summed E-state index contributed by atoms with van der Waals surface area (Å²) in [6, 6.07) is 13.3. The summed E-state index contributed by atoms with van der Waals surface area (Å²) in [5.41, 5.74) is 5.73. The lowest BCUT2D eigenvalue weighted by Crippen LogP contribution is -2.24. The topological polar surface area (TPSA) is 50.7 Å². The zero-order valence-electron chi connectivity index (χ0n) is 12.5. The molecule has 1 amide bonds. The van der Waals surface area contributed by atoms with Gasteiger partial charge in [-0.2, -0.15) is 5.10 Å². The highest BCUT2D eigenvalue weighted by Gasteiger charge is 2.01. The normalized spacial score (nSPS) is 10.7. The van der Waals surface area contributed by atoms with E-state index in [-0.39, 0.29) is 12.5 Å². The highest BCUT2D eigenvalue weighted by molar-refractivity contribution is 9.10. The molecule has 0 saturated heterocycles. The molecule has 0 bridgehead atoms. The molecule has 2 aromatic rings. The Labute approximate surface area is 138 Å². The number of amides is 1. The molecule has 0 spiro atoms. The highest BCUT2D eigenvalue weighted by atomic mass is 79.9. The molecule has 0 aliphatic heterocycles. The standard InChI is InChI=1S/C17H17BrN2O2/c1-12-3-4-14(13(2)9-12)10-19-20-17(21)11-22-16-7-5-15(18)6-8-16/h3-10H,11H2,1-2H3,(H,20,21)/b19-10-. The third kappa shape index (κ3) is 5.00. The number of aryl methyl sites for hydroxylation is 2. The maximum atomic E-state index is 11.7. The lowest BCUT2D eigenvalue weighted by Gasteiger charge is -2.05. The van der Waals surface area contributed by atoms with Gasteiger partial charge < -0.3 is 4.74 Å². The largest absolute Gasteiger partial charge is 0.484 e. The van der Waals surface area contributed by atoms with Crippen LogP contribution in [-0.2, 0) is 4.79 Å². The third-order valence-electron chi connectivity index (χ3n) is 3.00. The van der Waals surface area contributed by atoms with E-state index in [1.165, 1.54) is 5.56 Å². The van der Waals surface area contributed by atoms with Gasteiger partial charge in [0.2, 0.25) is 0 Å². The molecule has 0 atom stereocenters. The minimum Gasteiger partial charge on any atom is -0.484 e. The maximum absolute atomic E-state index is 11.7. The minimum absolute atomic E-state index is 0.0775. The fourth-order valence-corrected chi connectivity index (χ4v) is 2.12. The Hall–Kier alpha value is -2.14. The summed E-state index contributed by atoms with van der Waals surface area (Å²) in [5, 5.41) is 3.95. The zero-order chi connectivity index (χ0) is 15.9. The van der Waals surface area contributed by atoms with Crippen molar-refractivity contribution in [3.8, 4) is 5.75 Å². The van der Waals surface area contributed by atoms with Crippen LogP contribution in [0.2, 0.25) is 0 Å². The predicted molar refractivity (Wildman–Crippen MR) is 91.3 cm³/mol. The smallest absolute Gasteiger partial charge is 0.277 e. The third-order valence-corrected chi connectivity index (χ3v) is 3.53. The van der Waals surface area contributed by atoms with Crippen molar-refractivity contribution in [3.05, 3.63) is 63.6 Å². The van der Waals surface area contributed by atoms with E-state index in [0.29, 0.717) is 5.75 Å². The Bertz CT molecular complexity index is 682. The van der Waals surface area contributed by atoms with Crippen LogP contribution in [0.15, 0.2) is 52.0 Å². The van der Waals surface area contributed by atoms with Gasteiger partial charge in [-0.3, -0.25) is 4.79 Å². The highest BCUT2D eigenvalue weighted by Crippen LogP contribution is 2.15.